The van der Waals surface area contributed by atoms with Crippen molar-refractivity contribution in [1.29, 1.82) is 0 Å². The summed E-state index contributed by atoms with van der Waals surface area (Å²) in [6.45, 7) is 1.11. The maximum atomic E-state index is 9.36. The summed E-state index contributed by atoms with van der Waals surface area (Å²) in [6, 6.07) is 16.5. The maximum Gasteiger partial charge on any atom is 0.115 e. The van der Waals surface area contributed by atoms with Gasteiger partial charge < -0.3 is 10.4 Å². The average Bonchev–Trinajstić information content (AvgIpc) is 2.51. The second kappa shape index (κ2) is 6.33. The summed E-state index contributed by atoms with van der Waals surface area (Å²) in [5.74, 6) is 0.316. The number of piperidine rings is 1. The van der Waals surface area contributed by atoms with Crippen LogP contribution in [0.2, 0.25) is 0 Å². The predicted molar refractivity (Wildman–Crippen MR) is 83.3 cm³/mol. The molecule has 2 aromatic carbocycles. The molecule has 1 aliphatic rings. The molecule has 0 radical (unpaired) electrons. The van der Waals surface area contributed by atoms with E-state index >= 15 is 0 Å². The number of rotatable bonds is 3. The Labute approximate surface area is 124 Å². The number of phenolic OH excluding ortho intramolecular Hbond substituents is 1. The lowest BCUT2D eigenvalue weighted by Crippen LogP contribution is -2.27. The molecule has 0 saturated carbocycles. The molecule has 1 fully saturated rings. The van der Waals surface area contributed by atoms with Gasteiger partial charge in [0.1, 0.15) is 5.75 Å². The van der Waals surface area contributed by atoms with Crippen LogP contribution in [-0.2, 0) is 0 Å². The second-order valence-electron chi connectivity index (χ2n) is 5.14. The molecule has 1 heterocycles. The summed E-state index contributed by atoms with van der Waals surface area (Å²) in [5, 5.41) is 13.0. The molecule has 1 unspecified atom stereocenters. The van der Waals surface area contributed by atoms with Gasteiger partial charge in [-0.05, 0) is 55.3 Å². The van der Waals surface area contributed by atoms with E-state index in [9.17, 15) is 5.11 Å². The minimum absolute atomic E-state index is 0.316. The Hall–Kier alpha value is -1.45. The highest BCUT2D eigenvalue weighted by atomic mass is 32.2. The molecular formula is C17H19NOS. The van der Waals surface area contributed by atoms with Crippen LogP contribution >= 0.6 is 11.8 Å². The average molecular weight is 285 g/mol. The molecule has 0 spiro atoms. The van der Waals surface area contributed by atoms with Gasteiger partial charge in [-0.2, -0.15) is 0 Å². The summed E-state index contributed by atoms with van der Waals surface area (Å²) >= 11 is 1.77. The van der Waals surface area contributed by atoms with Crippen LogP contribution in [0.5, 0.6) is 5.75 Å². The zero-order chi connectivity index (χ0) is 13.8. The topological polar surface area (TPSA) is 32.3 Å². The molecule has 1 saturated heterocycles. The molecule has 3 heteroatoms. The van der Waals surface area contributed by atoms with Crippen molar-refractivity contribution in [2.24, 2.45) is 0 Å². The van der Waals surface area contributed by atoms with E-state index in [-0.39, 0.29) is 0 Å². The lowest BCUT2D eigenvalue weighted by atomic mass is 9.98. The van der Waals surface area contributed by atoms with Gasteiger partial charge in [0, 0.05) is 15.8 Å². The molecule has 0 aromatic heterocycles. The molecule has 2 nitrogen and oxygen atoms in total. The summed E-state index contributed by atoms with van der Waals surface area (Å²) in [4.78, 5) is 2.46. The molecule has 3 rings (SSSR count). The summed E-state index contributed by atoms with van der Waals surface area (Å²) in [6.07, 6.45) is 3.80. The van der Waals surface area contributed by atoms with Crippen molar-refractivity contribution in [2.45, 2.75) is 35.1 Å². The number of phenols is 1. The monoisotopic (exact) mass is 285 g/mol. The van der Waals surface area contributed by atoms with E-state index in [2.05, 4.69) is 29.6 Å². The standard InChI is InChI=1S/C17H19NOS/c19-13-8-10-14(11-9-13)20-17-7-2-1-5-15(17)16-6-3-4-12-18-16/h1-2,5,7-11,16,18-19H,3-4,6,12H2. The Morgan fingerprint density at radius 1 is 1.00 bits per heavy atom. The second-order valence-corrected chi connectivity index (χ2v) is 6.25. The minimum Gasteiger partial charge on any atom is -0.508 e. The van der Waals surface area contributed by atoms with Crippen LogP contribution in [0.25, 0.3) is 0 Å². The fraction of sp³-hybridized carbons (Fsp3) is 0.294. The van der Waals surface area contributed by atoms with Crippen LogP contribution in [0, 0.1) is 0 Å². The van der Waals surface area contributed by atoms with E-state index in [1.54, 1.807) is 23.9 Å². The number of nitrogens with one attached hydrogen (secondary N) is 1. The molecular weight excluding hydrogens is 266 g/mol. The summed E-state index contributed by atoms with van der Waals surface area (Å²) in [7, 11) is 0. The van der Waals surface area contributed by atoms with Crippen molar-refractivity contribution in [2.75, 3.05) is 6.54 Å². The highest BCUT2D eigenvalue weighted by molar-refractivity contribution is 7.99. The smallest absolute Gasteiger partial charge is 0.115 e. The van der Waals surface area contributed by atoms with Crippen molar-refractivity contribution >= 4 is 11.8 Å². The van der Waals surface area contributed by atoms with Crippen molar-refractivity contribution < 1.29 is 5.11 Å². The molecule has 1 aliphatic heterocycles. The van der Waals surface area contributed by atoms with Crippen LogP contribution < -0.4 is 5.32 Å². The number of hydrogen-bond donors (Lipinski definition) is 2. The van der Waals surface area contributed by atoms with Gasteiger partial charge in [-0.15, -0.1) is 0 Å². The van der Waals surface area contributed by atoms with Gasteiger partial charge in [0.15, 0.2) is 0 Å². The van der Waals surface area contributed by atoms with E-state index in [1.165, 1.54) is 29.7 Å². The number of benzene rings is 2. The van der Waals surface area contributed by atoms with Gasteiger partial charge in [0.05, 0.1) is 0 Å². The van der Waals surface area contributed by atoms with Crippen molar-refractivity contribution in [3.8, 4) is 5.75 Å². The predicted octanol–water partition coefficient (Wildman–Crippen LogP) is 4.36. The Kier molecular flexibility index (Phi) is 4.28. The van der Waals surface area contributed by atoms with Gasteiger partial charge in [-0.3, -0.25) is 0 Å². The molecule has 1 atom stereocenters. The first-order valence-corrected chi connectivity index (χ1v) is 7.94. The highest BCUT2D eigenvalue weighted by Gasteiger charge is 2.17. The molecule has 0 amide bonds. The normalized spacial score (nSPS) is 18.9. The van der Waals surface area contributed by atoms with Crippen molar-refractivity contribution in [3.63, 3.8) is 0 Å². The van der Waals surface area contributed by atoms with Crippen molar-refractivity contribution in [1.82, 2.24) is 5.32 Å². The molecule has 2 aromatic rings. The van der Waals surface area contributed by atoms with E-state index < -0.39 is 0 Å². The van der Waals surface area contributed by atoms with Gasteiger partial charge >= 0.3 is 0 Å². The summed E-state index contributed by atoms with van der Waals surface area (Å²) < 4.78 is 0. The first-order chi connectivity index (χ1) is 9.83. The van der Waals surface area contributed by atoms with Crippen LogP contribution in [0.3, 0.4) is 0 Å². The SMILES string of the molecule is Oc1ccc(Sc2ccccc2C2CCCCN2)cc1. The van der Waals surface area contributed by atoms with E-state index in [0.29, 0.717) is 11.8 Å². The largest absolute Gasteiger partial charge is 0.508 e. The van der Waals surface area contributed by atoms with Crippen LogP contribution in [0.15, 0.2) is 58.3 Å². The fourth-order valence-corrected chi connectivity index (χ4v) is 3.62. The Morgan fingerprint density at radius 2 is 1.80 bits per heavy atom. The number of hydrogen-bond acceptors (Lipinski definition) is 3. The quantitative estimate of drug-likeness (QED) is 0.879. The maximum absolute atomic E-state index is 9.36. The Balaban J connectivity index is 1.83. The number of aromatic hydroxyl groups is 1. The third kappa shape index (κ3) is 3.17. The van der Waals surface area contributed by atoms with Gasteiger partial charge in [-0.25, -0.2) is 0 Å². The van der Waals surface area contributed by atoms with E-state index in [1.807, 2.05) is 12.1 Å². The van der Waals surface area contributed by atoms with Crippen molar-refractivity contribution in [3.05, 3.63) is 54.1 Å². The highest BCUT2D eigenvalue weighted by Crippen LogP contribution is 2.36. The van der Waals surface area contributed by atoms with Crippen LogP contribution in [-0.4, -0.2) is 11.7 Å². The third-order valence-electron chi connectivity index (χ3n) is 3.67. The summed E-state index contributed by atoms with van der Waals surface area (Å²) in [5.41, 5.74) is 1.39. The lowest BCUT2D eigenvalue weighted by Gasteiger charge is -2.25. The zero-order valence-corrected chi connectivity index (χ0v) is 12.2. The van der Waals surface area contributed by atoms with Crippen LogP contribution in [0.1, 0.15) is 30.9 Å². The molecule has 0 bridgehead atoms. The first kappa shape index (κ1) is 13.5. The minimum atomic E-state index is 0.316. The molecule has 104 valence electrons. The Bertz CT molecular complexity index is 561. The van der Waals surface area contributed by atoms with Crippen LogP contribution in [0.4, 0.5) is 0 Å². The van der Waals surface area contributed by atoms with Gasteiger partial charge in [0.25, 0.3) is 0 Å². The first-order valence-electron chi connectivity index (χ1n) is 7.12. The lowest BCUT2D eigenvalue weighted by molar-refractivity contribution is 0.408. The van der Waals surface area contributed by atoms with Gasteiger partial charge in [-0.1, -0.05) is 36.4 Å². The fourth-order valence-electron chi connectivity index (χ4n) is 2.62. The van der Waals surface area contributed by atoms with E-state index in [4.69, 9.17) is 0 Å². The van der Waals surface area contributed by atoms with Gasteiger partial charge in [0.2, 0.25) is 0 Å². The third-order valence-corrected chi connectivity index (χ3v) is 4.77. The molecule has 0 aliphatic carbocycles. The van der Waals surface area contributed by atoms with E-state index in [0.717, 1.165) is 11.4 Å². The Morgan fingerprint density at radius 3 is 2.55 bits per heavy atom. The molecule has 2 N–H and O–H groups in total. The zero-order valence-electron chi connectivity index (χ0n) is 11.4. The molecule has 20 heavy (non-hydrogen) atoms.